The van der Waals surface area contributed by atoms with Crippen LogP contribution >= 0.6 is 0 Å². The molecule has 0 radical (unpaired) electrons. The predicted octanol–water partition coefficient (Wildman–Crippen LogP) is 1.11. The number of carbonyl (C=O) groups is 1. The molecule has 0 amide bonds. The second kappa shape index (κ2) is 7.21. The first-order valence-electron chi connectivity index (χ1n) is 7.44. The molecule has 6 nitrogen and oxygen atoms in total. The van der Waals surface area contributed by atoms with E-state index in [1.165, 1.54) is 4.31 Å². The molecule has 1 aromatic carbocycles. The molecular weight excluding hydrogens is 304 g/mol. The van der Waals surface area contributed by atoms with E-state index in [1.54, 1.807) is 31.2 Å². The summed E-state index contributed by atoms with van der Waals surface area (Å²) in [5.41, 5.74) is 6.41. The number of benzene rings is 1. The van der Waals surface area contributed by atoms with E-state index < -0.39 is 10.0 Å². The van der Waals surface area contributed by atoms with Crippen molar-refractivity contribution in [2.45, 2.75) is 31.2 Å². The zero-order valence-corrected chi connectivity index (χ0v) is 13.5. The minimum Gasteiger partial charge on any atom is -0.466 e. The monoisotopic (exact) mass is 326 g/mol. The first-order chi connectivity index (χ1) is 10.5. The van der Waals surface area contributed by atoms with Crippen molar-refractivity contribution in [3.8, 4) is 0 Å². The molecule has 0 unspecified atom stereocenters. The lowest BCUT2D eigenvalue weighted by Gasteiger charge is -2.30. The number of hydrogen-bond acceptors (Lipinski definition) is 5. The van der Waals surface area contributed by atoms with Gasteiger partial charge in [0.25, 0.3) is 0 Å². The van der Waals surface area contributed by atoms with Crippen LogP contribution in [0.4, 0.5) is 0 Å². The van der Waals surface area contributed by atoms with Crippen molar-refractivity contribution in [2.24, 2.45) is 11.7 Å². The maximum Gasteiger partial charge on any atom is 0.309 e. The summed E-state index contributed by atoms with van der Waals surface area (Å²) in [6.45, 7) is 3.17. The molecule has 1 heterocycles. The lowest BCUT2D eigenvalue weighted by Crippen LogP contribution is -2.40. The highest BCUT2D eigenvalue weighted by Crippen LogP contribution is 2.24. The number of piperidine rings is 1. The number of nitrogens with two attached hydrogens (primary N) is 1. The number of sulfonamides is 1. The van der Waals surface area contributed by atoms with E-state index >= 15 is 0 Å². The second-order valence-electron chi connectivity index (χ2n) is 5.28. The molecule has 2 N–H and O–H groups in total. The van der Waals surface area contributed by atoms with Gasteiger partial charge in [-0.1, -0.05) is 12.1 Å². The lowest BCUT2D eigenvalue weighted by molar-refractivity contribution is -0.149. The molecule has 1 saturated heterocycles. The summed E-state index contributed by atoms with van der Waals surface area (Å²) in [5.74, 6) is -0.433. The van der Waals surface area contributed by atoms with E-state index in [0.717, 1.165) is 5.56 Å². The highest BCUT2D eigenvalue weighted by molar-refractivity contribution is 7.89. The van der Waals surface area contributed by atoms with Crippen LogP contribution in [0, 0.1) is 5.92 Å². The van der Waals surface area contributed by atoms with E-state index in [0.29, 0.717) is 39.1 Å². The average Bonchev–Trinajstić information content (AvgIpc) is 2.55. The van der Waals surface area contributed by atoms with Crippen LogP contribution in [0.3, 0.4) is 0 Å². The fraction of sp³-hybridized carbons (Fsp3) is 0.533. The van der Waals surface area contributed by atoms with Crippen LogP contribution in [-0.2, 0) is 26.1 Å². The van der Waals surface area contributed by atoms with Gasteiger partial charge in [0, 0.05) is 19.6 Å². The molecule has 1 aliphatic rings. The first kappa shape index (κ1) is 16.9. The zero-order valence-electron chi connectivity index (χ0n) is 12.7. The molecule has 0 saturated carbocycles. The molecule has 0 bridgehead atoms. The summed E-state index contributed by atoms with van der Waals surface area (Å²) in [6.07, 6.45) is 0.998. The minimum absolute atomic E-state index is 0.203. The molecule has 1 aromatic rings. The SMILES string of the molecule is CCOC(=O)C1CCN(S(=O)(=O)c2ccc(CN)cc2)CC1. The van der Waals surface area contributed by atoms with Crippen molar-refractivity contribution < 1.29 is 17.9 Å². The minimum atomic E-state index is -3.51. The van der Waals surface area contributed by atoms with Crippen molar-refractivity contribution in [1.29, 1.82) is 0 Å². The largest absolute Gasteiger partial charge is 0.466 e. The Morgan fingerprint density at radius 1 is 1.27 bits per heavy atom. The van der Waals surface area contributed by atoms with Crippen LogP contribution in [0.1, 0.15) is 25.3 Å². The standard InChI is InChI=1S/C15H22N2O4S/c1-2-21-15(18)13-7-9-17(10-8-13)22(19,20)14-5-3-12(11-16)4-6-14/h3-6,13H,2,7-11,16H2,1H3. The first-order valence-corrected chi connectivity index (χ1v) is 8.88. The zero-order chi connectivity index (χ0) is 16.2. The Morgan fingerprint density at radius 3 is 2.36 bits per heavy atom. The van der Waals surface area contributed by atoms with Gasteiger partial charge in [-0.15, -0.1) is 0 Å². The summed E-state index contributed by atoms with van der Waals surface area (Å²) < 4.78 is 31.6. The van der Waals surface area contributed by atoms with E-state index in [1.807, 2.05) is 0 Å². The van der Waals surface area contributed by atoms with Gasteiger partial charge in [0.2, 0.25) is 10.0 Å². The third kappa shape index (κ3) is 3.66. The van der Waals surface area contributed by atoms with Crippen LogP contribution in [0.5, 0.6) is 0 Å². The van der Waals surface area contributed by atoms with E-state index in [2.05, 4.69) is 0 Å². The van der Waals surface area contributed by atoms with Crippen molar-refractivity contribution in [3.63, 3.8) is 0 Å². The number of hydrogen-bond donors (Lipinski definition) is 1. The molecule has 0 atom stereocenters. The van der Waals surface area contributed by atoms with E-state index in [4.69, 9.17) is 10.5 Å². The molecular formula is C15H22N2O4S. The van der Waals surface area contributed by atoms with Gasteiger partial charge in [-0.25, -0.2) is 8.42 Å². The highest BCUT2D eigenvalue weighted by Gasteiger charge is 2.32. The van der Waals surface area contributed by atoms with Crippen LogP contribution in [-0.4, -0.2) is 38.4 Å². The number of ether oxygens (including phenoxy) is 1. The Morgan fingerprint density at radius 2 is 1.86 bits per heavy atom. The van der Waals surface area contributed by atoms with Crippen molar-refractivity contribution in [3.05, 3.63) is 29.8 Å². The molecule has 7 heteroatoms. The Kier molecular flexibility index (Phi) is 5.55. The number of nitrogens with zero attached hydrogens (tertiary/aromatic N) is 1. The van der Waals surface area contributed by atoms with Gasteiger partial charge in [-0.3, -0.25) is 4.79 Å². The molecule has 2 rings (SSSR count). The molecule has 122 valence electrons. The molecule has 0 spiro atoms. The van der Waals surface area contributed by atoms with Gasteiger partial charge in [0.1, 0.15) is 0 Å². The average molecular weight is 326 g/mol. The second-order valence-corrected chi connectivity index (χ2v) is 7.22. The Hall–Kier alpha value is -1.44. The molecule has 1 fully saturated rings. The van der Waals surface area contributed by atoms with Crippen molar-refractivity contribution in [1.82, 2.24) is 4.31 Å². The number of carbonyl (C=O) groups excluding carboxylic acids is 1. The summed E-state index contributed by atoms with van der Waals surface area (Å²) >= 11 is 0. The van der Waals surface area contributed by atoms with E-state index in [9.17, 15) is 13.2 Å². The van der Waals surface area contributed by atoms with Crippen LogP contribution in [0.25, 0.3) is 0 Å². The molecule has 0 aliphatic carbocycles. The summed E-state index contributed by atoms with van der Waals surface area (Å²) in [4.78, 5) is 12.0. The Balaban J connectivity index is 2.04. The van der Waals surface area contributed by atoms with Gasteiger partial charge >= 0.3 is 5.97 Å². The van der Waals surface area contributed by atoms with Gasteiger partial charge < -0.3 is 10.5 Å². The molecule has 1 aliphatic heterocycles. The quantitative estimate of drug-likeness (QED) is 0.819. The van der Waals surface area contributed by atoms with Crippen molar-refractivity contribution in [2.75, 3.05) is 19.7 Å². The fourth-order valence-corrected chi connectivity index (χ4v) is 4.01. The maximum absolute atomic E-state index is 12.6. The van der Waals surface area contributed by atoms with Gasteiger partial charge in [0.15, 0.2) is 0 Å². The van der Waals surface area contributed by atoms with Gasteiger partial charge in [-0.05, 0) is 37.5 Å². The van der Waals surface area contributed by atoms with Gasteiger partial charge in [-0.2, -0.15) is 4.31 Å². The van der Waals surface area contributed by atoms with Crippen LogP contribution < -0.4 is 5.73 Å². The summed E-state index contributed by atoms with van der Waals surface area (Å²) in [7, 11) is -3.51. The third-order valence-corrected chi connectivity index (χ3v) is 5.78. The normalized spacial score (nSPS) is 17.4. The number of esters is 1. The molecule has 22 heavy (non-hydrogen) atoms. The lowest BCUT2D eigenvalue weighted by atomic mass is 9.98. The summed E-state index contributed by atoms with van der Waals surface area (Å²) in [6, 6.07) is 6.60. The smallest absolute Gasteiger partial charge is 0.309 e. The fourth-order valence-electron chi connectivity index (χ4n) is 2.54. The van der Waals surface area contributed by atoms with Crippen LogP contribution in [0.15, 0.2) is 29.2 Å². The van der Waals surface area contributed by atoms with E-state index in [-0.39, 0.29) is 16.8 Å². The maximum atomic E-state index is 12.6. The topological polar surface area (TPSA) is 89.7 Å². The predicted molar refractivity (Wildman–Crippen MR) is 82.4 cm³/mol. The molecule has 0 aromatic heterocycles. The number of rotatable bonds is 5. The highest BCUT2D eigenvalue weighted by atomic mass is 32.2. The Labute approximate surface area is 131 Å². The Bertz CT molecular complexity index is 605. The summed E-state index contributed by atoms with van der Waals surface area (Å²) in [5, 5.41) is 0. The van der Waals surface area contributed by atoms with Crippen molar-refractivity contribution >= 4 is 16.0 Å². The van der Waals surface area contributed by atoms with Gasteiger partial charge in [0.05, 0.1) is 17.4 Å². The third-order valence-electron chi connectivity index (χ3n) is 3.87. The van der Waals surface area contributed by atoms with Crippen LogP contribution in [0.2, 0.25) is 0 Å².